The van der Waals surface area contributed by atoms with E-state index in [1.165, 1.54) is 43.5 Å². The molecule has 0 amide bonds. The van der Waals surface area contributed by atoms with Crippen LogP contribution >= 0.6 is 0 Å². The van der Waals surface area contributed by atoms with Gasteiger partial charge < -0.3 is 20.1 Å². The van der Waals surface area contributed by atoms with Crippen LogP contribution in [-0.4, -0.2) is 53.1 Å². The first-order valence-electron chi connectivity index (χ1n) is 10.5. The van der Waals surface area contributed by atoms with Gasteiger partial charge in [0.05, 0.1) is 6.33 Å². The zero-order valence-electron chi connectivity index (χ0n) is 17.3. The molecule has 6 nitrogen and oxygen atoms in total. The smallest absolute Gasteiger partial charge is 0.191 e. The minimum atomic E-state index is 0.737. The summed E-state index contributed by atoms with van der Waals surface area (Å²) in [6, 6.07) is 9.38. The summed E-state index contributed by atoms with van der Waals surface area (Å²) in [6.45, 7) is 7.33. The summed E-state index contributed by atoms with van der Waals surface area (Å²) in [4.78, 5) is 11.1. The number of benzene rings is 1. The van der Waals surface area contributed by atoms with Crippen molar-refractivity contribution in [3.05, 3.63) is 54.1 Å². The van der Waals surface area contributed by atoms with Gasteiger partial charge in [0.15, 0.2) is 5.96 Å². The number of hydrogen-bond acceptors (Lipinski definition) is 3. The molecule has 2 N–H and O–H groups in total. The zero-order chi connectivity index (χ0) is 19.6. The lowest BCUT2D eigenvalue weighted by atomic mass is 10.0. The van der Waals surface area contributed by atoms with Crippen LogP contribution in [0.3, 0.4) is 0 Å². The summed E-state index contributed by atoms with van der Waals surface area (Å²) in [5, 5.41) is 6.87. The molecule has 2 heterocycles. The van der Waals surface area contributed by atoms with Gasteiger partial charge in [-0.1, -0.05) is 30.7 Å². The Morgan fingerprint density at radius 1 is 1.25 bits per heavy atom. The van der Waals surface area contributed by atoms with Crippen LogP contribution in [0.5, 0.6) is 0 Å². The van der Waals surface area contributed by atoms with Crippen molar-refractivity contribution in [2.75, 3.05) is 26.7 Å². The third-order valence-electron chi connectivity index (χ3n) is 5.45. The van der Waals surface area contributed by atoms with Crippen molar-refractivity contribution in [3.8, 4) is 0 Å². The number of likely N-dealkylation sites (tertiary alicyclic amines) is 1. The first-order chi connectivity index (χ1) is 13.7. The van der Waals surface area contributed by atoms with Gasteiger partial charge in [-0.25, -0.2) is 4.98 Å². The predicted molar refractivity (Wildman–Crippen MR) is 115 cm³/mol. The van der Waals surface area contributed by atoms with Gasteiger partial charge in [-0.15, -0.1) is 0 Å². The van der Waals surface area contributed by atoms with E-state index in [0.29, 0.717) is 0 Å². The maximum atomic E-state index is 4.35. The maximum Gasteiger partial charge on any atom is 0.191 e. The lowest BCUT2D eigenvalue weighted by Gasteiger charge is -2.33. The lowest BCUT2D eigenvalue weighted by molar-refractivity contribution is 0.159. The fourth-order valence-electron chi connectivity index (χ4n) is 3.81. The molecular formula is C22H34N6. The Balaban J connectivity index is 1.39. The number of rotatable bonds is 8. The monoisotopic (exact) mass is 382 g/mol. The third-order valence-corrected chi connectivity index (χ3v) is 5.45. The van der Waals surface area contributed by atoms with Gasteiger partial charge in [-0.05, 0) is 43.9 Å². The molecule has 152 valence electrons. The normalized spacial score (nSPS) is 18.2. The molecule has 1 atom stereocenters. The highest BCUT2D eigenvalue weighted by Gasteiger charge is 2.17. The SMILES string of the molecule is CN=C(NCCCN1CCCCC1C)NCc1cccc(Cn2ccnc2)c1. The van der Waals surface area contributed by atoms with Crippen molar-refractivity contribution in [3.63, 3.8) is 0 Å². The molecule has 1 aliphatic rings. The molecule has 1 unspecified atom stereocenters. The van der Waals surface area contributed by atoms with Crippen LogP contribution in [0, 0.1) is 0 Å². The molecule has 1 aliphatic heterocycles. The standard InChI is InChI=1S/C22H34N6/c1-19-7-3-4-12-28(19)13-6-10-25-22(23-2)26-16-20-8-5-9-21(15-20)17-27-14-11-24-18-27/h5,8-9,11,14-15,18-19H,3-4,6-7,10,12-13,16-17H2,1-2H3,(H2,23,25,26). The second-order valence-corrected chi connectivity index (χ2v) is 7.64. The molecule has 1 aromatic heterocycles. The summed E-state index contributed by atoms with van der Waals surface area (Å²) in [6.07, 6.45) is 10.9. The Morgan fingerprint density at radius 2 is 2.14 bits per heavy atom. The van der Waals surface area contributed by atoms with Crippen LogP contribution in [0.1, 0.15) is 43.7 Å². The maximum absolute atomic E-state index is 4.35. The summed E-state index contributed by atoms with van der Waals surface area (Å²) in [5.41, 5.74) is 2.53. The number of guanidine groups is 1. The quantitative estimate of drug-likeness (QED) is 0.419. The number of aliphatic imine (C=N–C) groups is 1. The Morgan fingerprint density at radius 3 is 2.93 bits per heavy atom. The number of nitrogens with zero attached hydrogens (tertiary/aromatic N) is 4. The van der Waals surface area contributed by atoms with E-state index in [1.807, 2.05) is 25.8 Å². The highest BCUT2D eigenvalue weighted by molar-refractivity contribution is 5.79. The van der Waals surface area contributed by atoms with Crippen molar-refractivity contribution < 1.29 is 0 Å². The summed E-state index contributed by atoms with van der Waals surface area (Å²) >= 11 is 0. The van der Waals surface area contributed by atoms with Gasteiger partial charge >= 0.3 is 0 Å². The first-order valence-corrected chi connectivity index (χ1v) is 10.5. The van der Waals surface area contributed by atoms with E-state index in [-0.39, 0.29) is 0 Å². The van der Waals surface area contributed by atoms with E-state index in [9.17, 15) is 0 Å². The number of piperidine rings is 1. The molecule has 1 aromatic carbocycles. The van der Waals surface area contributed by atoms with Gasteiger partial charge in [0.1, 0.15) is 0 Å². The number of hydrogen-bond donors (Lipinski definition) is 2. The van der Waals surface area contributed by atoms with E-state index < -0.39 is 0 Å². The van der Waals surface area contributed by atoms with Crippen LogP contribution < -0.4 is 10.6 Å². The van der Waals surface area contributed by atoms with Crippen LogP contribution in [0.15, 0.2) is 48.0 Å². The number of nitrogens with one attached hydrogen (secondary N) is 2. The van der Waals surface area contributed by atoms with Gasteiger partial charge in [0.25, 0.3) is 0 Å². The van der Waals surface area contributed by atoms with Crippen LogP contribution in [0.25, 0.3) is 0 Å². The summed E-state index contributed by atoms with van der Waals surface area (Å²) in [7, 11) is 1.83. The highest BCUT2D eigenvalue weighted by Crippen LogP contribution is 2.16. The van der Waals surface area contributed by atoms with Crippen LogP contribution in [0.2, 0.25) is 0 Å². The first kappa shape index (κ1) is 20.4. The number of imidazole rings is 1. The summed E-state index contributed by atoms with van der Waals surface area (Å²) in [5.74, 6) is 0.867. The van der Waals surface area contributed by atoms with Gasteiger partial charge in [0, 0.05) is 51.7 Å². The Kier molecular flexibility index (Phi) is 7.91. The average molecular weight is 383 g/mol. The molecule has 6 heteroatoms. The van der Waals surface area contributed by atoms with E-state index in [2.05, 4.69) is 61.3 Å². The molecule has 1 fully saturated rings. The second kappa shape index (κ2) is 10.9. The minimum absolute atomic E-state index is 0.737. The van der Waals surface area contributed by atoms with Crippen LogP contribution in [0.4, 0.5) is 0 Å². The van der Waals surface area contributed by atoms with Crippen LogP contribution in [-0.2, 0) is 13.1 Å². The Hall–Kier alpha value is -2.34. The van der Waals surface area contributed by atoms with Crippen molar-refractivity contribution in [2.45, 2.75) is 51.7 Å². The molecular weight excluding hydrogens is 348 g/mol. The Bertz CT molecular complexity index is 724. The highest BCUT2D eigenvalue weighted by atomic mass is 15.2. The fourth-order valence-corrected chi connectivity index (χ4v) is 3.81. The topological polar surface area (TPSA) is 57.5 Å². The van der Waals surface area contributed by atoms with E-state index in [1.54, 1.807) is 0 Å². The van der Waals surface area contributed by atoms with E-state index in [4.69, 9.17) is 0 Å². The molecule has 0 bridgehead atoms. The molecule has 0 spiro atoms. The molecule has 1 saturated heterocycles. The van der Waals surface area contributed by atoms with Gasteiger partial charge in [-0.2, -0.15) is 0 Å². The minimum Gasteiger partial charge on any atom is -0.356 e. The van der Waals surface area contributed by atoms with Crippen molar-refractivity contribution >= 4 is 5.96 Å². The largest absolute Gasteiger partial charge is 0.356 e. The van der Waals surface area contributed by atoms with E-state index >= 15 is 0 Å². The molecule has 0 aliphatic carbocycles. The van der Waals surface area contributed by atoms with Gasteiger partial charge in [0.2, 0.25) is 0 Å². The molecule has 3 rings (SSSR count). The van der Waals surface area contributed by atoms with Crippen molar-refractivity contribution in [1.82, 2.24) is 25.1 Å². The molecule has 28 heavy (non-hydrogen) atoms. The van der Waals surface area contributed by atoms with Crippen molar-refractivity contribution in [2.24, 2.45) is 4.99 Å². The molecule has 0 saturated carbocycles. The lowest BCUT2D eigenvalue weighted by Crippen LogP contribution is -2.41. The fraction of sp³-hybridized carbons (Fsp3) is 0.545. The Labute approximate surface area is 169 Å². The molecule has 2 aromatic rings. The van der Waals surface area contributed by atoms with Gasteiger partial charge in [-0.3, -0.25) is 4.99 Å². The summed E-state index contributed by atoms with van der Waals surface area (Å²) < 4.78 is 2.08. The molecule has 0 radical (unpaired) electrons. The third kappa shape index (κ3) is 6.37. The van der Waals surface area contributed by atoms with Crippen molar-refractivity contribution in [1.29, 1.82) is 0 Å². The zero-order valence-corrected chi connectivity index (χ0v) is 17.3. The number of aromatic nitrogens is 2. The average Bonchev–Trinajstić information content (AvgIpc) is 3.22. The van der Waals surface area contributed by atoms with E-state index in [0.717, 1.165) is 38.1 Å². The predicted octanol–water partition coefficient (Wildman–Crippen LogP) is 2.86. The second-order valence-electron chi connectivity index (χ2n) is 7.64.